The molecule has 1 heterocycles. The van der Waals surface area contributed by atoms with E-state index in [4.69, 9.17) is 5.73 Å². The van der Waals surface area contributed by atoms with Gasteiger partial charge in [-0.3, -0.25) is 0 Å². The summed E-state index contributed by atoms with van der Waals surface area (Å²) in [6.07, 6.45) is -2.77. The van der Waals surface area contributed by atoms with E-state index in [-0.39, 0.29) is 12.6 Å². The largest absolute Gasteiger partial charge is 0.405 e. The summed E-state index contributed by atoms with van der Waals surface area (Å²) in [7, 11) is 0. The summed E-state index contributed by atoms with van der Waals surface area (Å²) >= 11 is 0. The number of rotatable bonds is 4. The van der Waals surface area contributed by atoms with Crippen molar-refractivity contribution in [3.05, 3.63) is 23.9 Å². The molecular formula is C11H16F3N3. The van der Waals surface area contributed by atoms with Crippen LogP contribution < -0.4 is 10.6 Å². The first kappa shape index (κ1) is 13.8. The monoisotopic (exact) mass is 247 g/mol. The number of aromatic nitrogens is 1. The summed E-state index contributed by atoms with van der Waals surface area (Å²) in [6.45, 7) is 2.60. The molecule has 0 bridgehead atoms. The molecule has 17 heavy (non-hydrogen) atoms. The van der Waals surface area contributed by atoms with Gasteiger partial charge in [-0.15, -0.1) is 0 Å². The fourth-order valence-corrected chi connectivity index (χ4v) is 1.58. The van der Waals surface area contributed by atoms with Crippen molar-refractivity contribution >= 4 is 5.82 Å². The van der Waals surface area contributed by atoms with E-state index in [1.54, 1.807) is 26.0 Å². The van der Waals surface area contributed by atoms with Crippen molar-refractivity contribution in [3.63, 3.8) is 0 Å². The molecule has 0 aliphatic heterocycles. The predicted molar refractivity (Wildman–Crippen MR) is 60.8 cm³/mol. The maximum Gasteiger partial charge on any atom is 0.405 e. The standard InChI is InChI=1S/C11H16F3N3/c1-3-17(7-11(12,13)14)10-9(8(2)15)5-4-6-16-10/h4-6,8H,3,7,15H2,1-2H3. The van der Waals surface area contributed by atoms with Crippen molar-refractivity contribution in [2.75, 3.05) is 18.0 Å². The molecule has 0 aliphatic carbocycles. The number of nitrogens with two attached hydrogens (primary N) is 1. The Hall–Kier alpha value is -1.30. The van der Waals surface area contributed by atoms with Crippen molar-refractivity contribution in [2.45, 2.75) is 26.1 Å². The van der Waals surface area contributed by atoms with Crippen molar-refractivity contribution in [1.82, 2.24) is 4.98 Å². The third-order valence-corrected chi connectivity index (χ3v) is 2.36. The van der Waals surface area contributed by atoms with Gasteiger partial charge in [-0.2, -0.15) is 13.2 Å². The quantitative estimate of drug-likeness (QED) is 0.888. The summed E-state index contributed by atoms with van der Waals surface area (Å²) in [5, 5.41) is 0. The molecule has 0 amide bonds. The second-order valence-electron chi connectivity index (χ2n) is 3.83. The highest BCUT2D eigenvalue weighted by molar-refractivity contribution is 5.48. The number of halogens is 3. The van der Waals surface area contributed by atoms with E-state index in [0.717, 1.165) is 0 Å². The number of hydrogen-bond donors (Lipinski definition) is 1. The van der Waals surface area contributed by atoms with Gasteiger partial charge in [-0.25, -0.2) is 4.98 Å². The van der Waals surface area contributed by atoms with Crippen LogP contribution in [0.1, 0.15) is 25.5 Å². The van der Waals surface area contributed by atoms with Gasteiger partial charge in [0, 0.05) is 24.3 Å². The van der Waals surface area contributed by atoms with Gasteiger partial charge in [0.05, 0.1) is 0 Å². The fraction of sp³-hybridized carbons (Fsp3) is 0.545. The van der Waals surface area contributed by atoms with E-state index in [0.29, 0.717) is 11.4 Å². The highest BCUT2D eigenvalue weighted by atomic mass is 19.4. The zero-order valence-electron chi connectivity index (χ0n) is 9.83. The van der Waals surface area contributed by atoms with Crippen LogP contribution in [0.15, 0.2) is 18.3 Å². The summed E-state index contributed by atoms with van der Waals surface area (Å²) < 4.78 is 37.2. The molecule has 2 N–H and O–H groups in total. The lowest BCUT2D eigenvalue weighted by molar-refractivity contribution is -0.119. The number of pyridine rings is 1. The number of anilines is 1. The first-order valence-electron chi connectivity index (χ1n) is 5.37. The Morgan fingerprint density at radius 3 is 2.59 bits per heavy atom. The van der Waals surface area contributed by atoms with Gasteiger partial charge in [0.15, 0.2) is 0 Å². The van der Waals surface area contributed by atoms with Gasteiger partial charge in [0.1, 0.15) is 12.4 Å². The molecular weight excluding hydrogens is 231 g/mol. The molecule has 0 saturated carbocycles. The van der Waals surface area contributed by atoms with E-state index in [9.17, 15) is 13.2 Å². The molecule has 1 unspecified atom stereocenters. The van der Waals surface area contributed by atoms with Crippen LogP contribution >= 0.6 is 0 Å². The zero-order chi connectivity index (χ0) is 13.1. The van der Waals surface area contributed by atoms with Gasteiger partial charge in [-0.05, 0) is 19.9 Å². The van der Waals surface area contributed by atoms with Gasteiger partial charge in [0.2, 0.25) is 0 Å². The van der Waals surface area contributed by atoms with Crippen LogP contribution in [0.3, 0.4) is 0 Å². The Morgan fingerprint density at radius 1 is 1.47 bits per heavy atom. The van der Waals surface area contributed by atoms with Crippen molar-refractivity contribution in [1.29, 1.82) is 0 Å². The Morgan fingerprint density at radius 2 is 2.12 bits per heavy atom. The topological polar surface area (TPSA) is 42.2 Å². The third kappa shape index (κ3) is 3.89. The maximum absolute atomic E-state index is 12.4. The maximum atomic E-state index is 12.4. The minimum absolute atomic E-state index is 0.232. The van der Waals surface area contributed by atoms with Crippen LogP contribution in [0.5, 0.6) is 0 Å². The number of nitrogens with zero attached hydrogens (tertiary/aromatic N) is 2. The molecule has 0 saturated heterocycles. The molecule has 1 aromatic rings. The molecule has 0 spiro atoms. The summed E-state index contributed by atoms with van der Waals surface area (Å²) in [6, 6.07) is 3.02. The van der Waals surface area contributed by atoms with Gasteiger partial charge in [0.25, 0.3) is 0 Å². The molecule has 0 fully saturated rings. The number of hydrogen-bond acceptors (Lipinski definition) is 3. The lowest BCUT2D eigenvalue weighted by Crippen LogP contribution is -2.35. The number of alkyl halides is 3. The van der Waals surface area contributed by atoms with Gasteiger partial charge in [-0.1, -0.05) is 6.07 Å². The van der Waals surface area contributed by atoms with Crippen molar-refractivity contribution in [2.24, 2.45) is 5.73 Å². The zero-order valence-corrected chi connectivity index (χ0v) is 9.83. The Labute approximate surface area is 98.4 Å². The molecule has 0 radical (unpaired) electrons. The van der Waals surface area contributed by atoms with Crippen LogP contribution in [0, 0.1) is 0 Å². The van der Waals surface area contributed by atoms with Gasteiger partial charge >= 0.3 is 6.18 Å². The third-order valence-electron chi connectivity index (χ3n) is 2.36. The van der Waals surface area contributed by atoms with E-state index in [1.165, 1.54) is 11.1 Å². The first-order valence-corrected chi connectivity index (χ1v) is 5.37. The fourth-order valence-electron chi connectivity index (χ4n) is 1.58. The summed E-state index contributed by atoms with van der Waals surface area (Å²) in [4.78, 5) is 5.18. The molecule has 6 heteroatoms. The van der Waals surface area contributed by atoms with Crippen molar-refractivity contribution in [3.8, 4) is 0 Å². The molecule has 1 aromatic heterocycles. The van der Waals surface area contributed by atoms with Crippen molar-refractivity contribution < 1.29 is 13.2 Å². The minimum Gasteiger partial charge on any atom is -0.348 e. The molecule has 0 aliphatic rings. The lowest BCUT2D eigenvalue weighted by atomic mass is 10.1. The highest BCUT2D eigenvalue weighted by Crippen LogP contribution is 2.25. The van der Waals surface area contributed by atoms with Crippen LogP contribution in [0.2, 0.25) is 0 Å². The van der Waals surface area contributed by atoms with E-state index in [2.05, 4.69) is 4.98 Å². The van der Waals surface area contributed by atoms with E-state index < -0.39 is 12.7 Å². The smallest absolute Gasteiger partial charge is 0.348 e. The Kier molecular flexibility index (Phi) is 4.34. The first-order chi connectivity index (χ1) is 7.85. The van der Waals surface area contributed by atoms with Crippen LogP contribution in [0.25, 0.3) is 0 Å². The van der Waals surface area contributed by atoms with Crippen LogP contribution in [0.4, 0.5) is 19.0 Å². The molecule has 0 aromatic carbocycles. The highest BCUT2D eigenvalue weighted by Gasteiger charge is 2.31. The predicted octanol–water partition coefficient (Wildman–Crippen LogP) is 2.49. The summed E-state index contributed by atoms with van der Waals surface area (Å²) in [5.41, 5.74) is 6.35. The average molecular weight is 247 g/mol. The lowest BCUT2D eigenvalue weighted by Gasteiger charge is -2.26. The second kappa shape index (κ2) is 5.35. The molecule has 3 nitrogen and oxygen atoms in total. The molecule has 96 valence electrons. The second-order valence-corrected chi connectivity index (χ2v) is 3.83. The molecule has 1 rings (SSSR count). The summed E-state index contributed by atoms with van der Waals surface area (Å²) in [5.74, 6) is 0.308. The van der Waals surface area contributed by atoms with Gasteiger partial charge < -0.3 is 10.6 Å². The van der Waals surface area contributed by atoms with Crippen LogP contribution in [-0.2, 0) is 0 Å². The van der Waals surface area contributed by atoms with E-state index in [1.807, 2.05) is 0 Å². The average Bonchev–Trinajstić information content (AvgIpc) is 2.24. The van der Waals surface area contributed by atoms with E-state index >= 15 is 0 Å². The SMILES string of the molecule is CCN(CC(F)(F)F)c1ncccc1C(C)N. The Balaban J connectivity index is 3.03. The Bertz CT molecular complexity index is 363. The molecule has 1 atom stereocenters. The normalized spacial score (nSPS) is 13.5. The van der Waals surface area contributed by atoms with Crippen LogP contribution in [-0.4, -0.2) is 24.2 Å². The minimum atomic E-state index is -4.25.